The third-order valence-electron chi connectivity index (χ3n) is 6.55. The van der Waals surface area contributed by atoms with Gasteiger partial charge in [0.1, 0.15) is 67.0 Å². The fourth-order valence-electron chi connectivity index (χ4n) is 4.67. The number of ether oxygens (including phenoxy) is 5. The van der Waals surface area contributed by atoms with Gasteiger partial charge in [-0.1, -0.05) is 0 Å². The molecule has 0 aromatic carbocycles. The molecule has 10 N–H and O–H groups in total. The molecule has 3 saturated heterocycles. The van der Waals surface area contributed by atoms with Gasteiger partial charge < -0.3 is 75.2 Å². The summed E-state index contributed by atoms with van der Waals surface area (Å²) in [7, 11) is 0. The standard InChI is InChI=1S/C21H36N2O15/c1-6(27)22-11-14(30)13(29)8(3-24)35-20(11)37-17-10(5-26)36-21(12(15(17)31)23-7(2)28)38-18-9(4-25)34-19(33)16(18)32/h8-21,24-26,29-33H,3-5H2,1-2H3,(H,22,27)(H,23,28)/t8-,9-,10-,11-,12-,13-,14-,15-,16+,17-,18-,19-,20+,21+/m1/s1. The van der Waals surface area contributed by atoms with Crippen LogP contribution in [-0.4, -0.2) is 158 Å². The van der Waals surface area contributed by atoms with Crippen molar-refractivity contribution in [3.05, 3.63) is 0 Å². The Hall–Kier alpha value is -1.58. The summed E-state index contributed by atoms with van der Waals surface area (Å²) in [5.41, 5.74) is 0. The number of hydrogen-bond acceptors (Lipinski definition) is 15. The second-order valence-electron chi connectivity index (χ2n) is 9.32. The van der Waals surface area contributed by atoms with Gasteiger partial charge in [0, 0.05) is 13.8 Å². The van der Waals surface area contributed by atoms with Gasteiger partial charge in [-0.05, 0) is 0 Å². The minimum atomic E-state index is -1.70. The Morgan fingerprint density at radius 2 is 1.05 bits per heavy atom. The molecule has 0 spiro atoms. The van der Waals surface area contributed by atoms with Crippen molar-refractivity contribution >= 4 is 11.8 Å². The molecule has 0 bridgehead atoms. The van der Waals surface area contributed by atoms with Crippen LogP contribution in [0.3, 0.4) is 0 Å². The Morgan fingerprint density at radius 1 is 0.632 bits per heavy atom. The van der Waals surface area contributed by atoms with Crippen molar-refractivity contribution in [2.45, 2.75) is 99.7 Å². The molecule has 17 heteroatoms. The van der Waals surface area contributed by atoms with Crippen molar-refractivity contribution in [3.63, 3.8) is 0 Å². The zero-order valence-electron chi connectivity index (χ0n) is 20.6. The van der Waals surface area contributed by atoms with Gasteiger partial charge in [-0.25, -0.2) is 0 Å². The topological polar surface area (TPSA) is 266 Å². The molecule has 17 nitrogen and oxygen atoms in total. The van der Waals surface area contributed by atoms with E-state index >= 15 is 0 Å². The van der Waals surface area contributed by atoms with E-state index in [1.54, 1.807) is 0 Å². The molecule has 0 aromatic heterocycles. The largest absolute Gasteiger partial charge is 0.394 e. The van der Waals surface area contributed by atoms with Crippen molar-refractivity contribution in [2.24, 2.45) is 0 Å². The summed E-state index contributed by atoms with van der Waals surface area (Å²) < 4.78 is 27.7. The van der Waals surface area contributed by atoms with Crippen LogP contribution in [0.15, 0.2) is 0 Å². The van der Waals surface area contributed by atoms with Gasteiger partial charge in [-0.15, -0.1) is 0 Å². The second kappa shape index (κ2) is 13.2. The molecule has 0 aromatic rings. The smallest absolute Gasteiger partial charge is 0.217 e. The molecule has 3 fully saturated rings. The van der Waals surface area contributed by atoms with Crippen molar-refractivity contribution in [3.8, 4) is 0 Å². The first kappa shape index (κ1) is 31.0. The van der Waals surface area contributed by atoms with E-state index in [1.807, 2.05) is 0 Å². The number of aliphatic hydroxyl groups is 8. The van der Waals surface area contributed by atoms with Crippen molar-refractivity contribution in [2.75, 3.05) is 19.8 Å². The second-order valence-corrected chi connectivity index (χ2v) is 9.32. The summed E-state index contributed by atoms with van der Waals surface area (Å²) in [5.74, 6) is -1.26. The summed E-state index contributed by atoms with van der Waals surface area (Å²) in [5, 5.41) is 85.7. The van der Waals surface area contributed by atoms with E-state index in [9.17, 15) is 50.4 Å². The average molecular weight is 557 g/mol. The van der Waals surface area contributed by atoms with Crippen LogP contribution in [0.4, 0.5) is 0 Å². The summed E-state index contributed by atoms with van der Waals surface area (Å²) in [6.07, 6.45) is -18.1. The first-order valence-electron chi connectivity index (χ1n) is 12.0. The lowest BCUT2D eigenvalue weighted by Crippen LogP contribution is -2.69. The fourth-order valence-corrected chi connectivity index (χ4v) is 4.67. The van der Waals surface area contributed by atoms with Crippen LogP contribution in [-0.2, 0) is 33.3 Å². The van der Waals surface area contributed by atoms with E-state index in [0.29, 0.717) is 0 Å². The summed E-state index contributed by atoms with van der Waals surface area (Å²) in [6, 6.07) is -2.78. The quantitative estimate of drug-likeness (QED) is 0.126. The Balaban J connectivity index is 1.86. The van der Waals surface area contributed by atoms with Gasteiger partial charge in [0.25, 0.3) is 0 Å². The van der Waals surface area contributed by atoms with Gasteiger partial charge in [0.05, 0.1) is 19.8 Å². The first-order chi connectivity index (χ1) is 17.9. The maximum Gasteiger partial charge on any atom is 0.217 e. The number of amides is 2. The molecular weight excluding hydrogens is 520 g/mol. The van der Waals surface area contributed by atoms with Crippen molar-refractivity contribution < 1.29 is 74.1 Å². The monoisotopic (exact) mass is 556 g/mol. The zero-order valence-corrected chi connectivity index (χ0v) is 20.6. The zero-order chi connectivity index (χ0) is 28.3. The van der Waals surface area contributed by atoms with Crippen LogP contribution in [0.25, 0.3) is 0 Å². The minimum absolute atomic E-state index is 0.623. The molecule has 0 radical (unpaired) electrons. The predicted octanol–water partition coefficient (Wildman–Crippen LogP) is -6.65. The molecule has 0 aliphatic carbocycles. The van der Waals surface area contributed by atoms with Gasteiger partial charge in [-0.3, -0.25) is 9.59 Å². The van der Waals surface area contributed by atoms with Crippen LogP contribution in [0.1, 0.15) is 13.8 Å². The Morgan fingerprint density at radius 3 is 1.53 bits per heavy atom. The van der Waals surface area contributed by atoms with E-state index in [1.165, 1.54) is 0 Å². The van der Waals surface area contributed by atoms with Gasteiger partial charge in [0.15, 0.2) is 18.9 Å². The molecule has 3 aliphatic rings. The normalized spacial score (nSPS) is 45.5. The fraction of sp³-hybridized carbons (Fsp3) is 0.905. The van der Waals surface area contributed by atoms with Crippen molar-refractivity contribution in [1.29, 1.82) is 0 Å². The molecular formula is C21H36N2O15. The van der Waals surface area contributed by atoms with Crippen LogP contribution in [0.2, 0.25) is 0 Å². The molecule has 3 aliphatic heterocycles. The maximum absolute atomic E-state index is 11.9. The van der Waals surface area contributed by atoms with Gasteiger partial charge in [-0.2, -0.15) is 0 Å². The van der Waals surface area contributed by atoms with Crippen LogP contribution >= 0.6 is 0 Å². The van der Waals surface area contributed by atoms with Crippen LogP contribution in [0.5, 0.6) is 0 Å². The number of rotatable bonds is 9. The first-order valence-corrected chi connectivity index (χ1v) is 12.0. The molecule has 3 heterocycles. The number of nitrogens with one attached hydrogen (secondary N) is 2. The van der Waals surface area contributed by atoms with Crippen LogP contribution in [0, 0.1) is 0 Å². The lowest BCUT2D eigenvalue weighted by atomic mass is 9.94. The number of aliphatic hydroxyl groups excluding tert-OH is 8. The van der Waals surface area contributed by atoms with E-state index in [2.05, 4.69) is 10.6 Å². The molecule has 220 valence electrons. The maximum atomic E-state index is 11.9. The van der Waals surface area contributed by atoms with E-state index < -0.39 is 118 Å². The number of carbonyl (C=O) groups excluding carboxylic acids is 2. The van der Waals surface area contributed by atoms with E-state index in [-0.39, 0.29) is 0 Å². The summed E-state index contributed by atoms with van der Waals surface area (Å²) >= 11 is 0. The highest BCUT2D eigenvalue weighted by molar-refractivity contribution is 5.73. The Bertz CT molecular complexity index is 807. The predicted molar refractivity (Wildman–Crippen MR) is 118 cm³/mol. The number of hydrogen-bond donors (Lipinski definition) is 10. The summed E-state index contributed by atoms with van der Waals surface area (Å²) in [6.45, 7) is 0.0995. The highest BCUT2D eigenvalue weighted by Crippen LogP contribution is 2.32. The van der Waals surface area contributed by atoms with Crippen molar-refractivity contribution in [1.82, 2.24) is 10.6 Å². The number of carbonyl (C=O) groups is 2. The third kappa shape index (κ3) is 6.58. The van der Waals surface area contributed by atoms with Gasteiger partial charge >= 0.3 is 0 Å². The molecule has 38 heavy (non-hydrogen) atoms. The Labute approximate surface area is 216 Å². The molecule has 0 unspecified atom stereocenters. The van der Waals surface area contributed by atoms with Gasteiger partial charge in [0.2, 0.25) is 11.8 Å². The lowest BCUT2D eigenvalue weighted by Gasteiger charge is -2.48. The highest BCUT2D eigenvalue weighted by Gasteiger charge is 2.54. The average Bonchev–Trinajstić information content (AvgIpc) is 3.14. The molecule has 0 saturated carbocycles. The molecule has 3 rings (SSSR count). The third-order valence-corrected chi connectivity index (χ3v) is 6.55. The van der Waals surface area contributed by atoms with E-state index in [0.717, 1.165) is 13.8 Å². The molecule has 14 atom stereocenters. The van der Waals surface area contributed by atoms with E-state index in [4.69, 9.17) is 23.7 Å². The molecule has 2 amide bonds. The van der Waals surface area contributed by atoms with Crippen LogP contribution < -0.4 is 10.6 Å². The SMILES string of the molecule is CC(=O)N[C@H]1[C@H](O[C@H]2[C@H](O)[C@H](O)O[C@@H]2CO)O[C@H](CO)[C@@H](O[C@@H]2O[C@H](CO)[C@@H](O)[C@H](O)[C@H]2NC(C)=O)[C@@H]1O. The summed E-state index contributed by atoms with van der Waals surface area (Å²) in [4.78, 5) is 23.6. The Kier molecular flexibility index (Phi) is 10.7. The lowest BCUT2D eigenvalue weighted by molar-refractivity contribution is -0.338. The highest BCUT2D eigenvalue weighted by atomic mass is 16.7. The minimum Gasteiger partial charge on any atom is -0.394 e.